The van der Waals surface area contributed by atoms with Crippen molar-refractivity contribution in [2.75, 3.05) is 0 Å². The average Bonchev–Trinajstić information content (AvgIpc) is 3.10. The first kappa shape index (κ1) is 21.0. The van der Waals surface area contributed by atoms with Crippen LogP contribution < -0.4 is 10.1 Å². The van der Waals surface area contributed by atoms with Gasteiger partial charge in [0.2, 0.25) is 0 Å². The quantitative estimate of drug-likeness (QED) is 0.480. The van der Waals surface area contributed by atoms with E-state index in [9.17, 15) is 9.90 Å². The van der Waals surface area contributed by atoms with Crippen molar-refractivity contribution in [1.82, 2.24) is 5.32 Å². The van der Waals surface area contributed by atoms with Gasteiger partial charge in [-0.15, -0.1) is 0 Å². The predicted octanol–water partition coefficient (Wildman–Crippen LogP) is 5.82. The van der Waals surface area contributed by atoms with Crippen molar-refractivity contribution in [1.29, 1.82) is 0 Å². The zero-order valence-electron chi connectivity index (χ0n) is 16.6. The molecule has 7 heteroatoms. The van der Waals surface area contributed by atoms with E-state index in [1.165, 1.54) is 11.8 Å². The Morgan fingerprint density at radius 2 is 1.90 bits per heavy atom. The van der Waals surface area contributed by atoms with Crippen molar-refractivity contribution in [3.05, 3.63) is 93.3 Å². The highest BCUT2D eigenvalue weighted by Crippen LogP contribution is 2.32. The largest absolute Gasteiger partial charge is 0.506 e. The maximum Gasteiger partial charge on any atom is 0.264 e. The van der Waals surface area contributed by atoms with Crippen LogP contribution in [0.25, 0.3) is 6.08 Å². The number of aryl methyl sites for hydroxylation is 1. The van der Waals surface area contributed by atoms with Crippen LogP contribution >= 0.6 is 23.4 Å². The van der Waals surface area contributed by atoms with Gasteiger partial charge in [-0.3, -0.25) is 4.79 Å². The second kappa shape index (κ2) is 9.29. The number of phenolic OH excluding ortho intramolecular Hbond substituents is 1. The summed E-state index contributed by atoms with van der Waals surface area (Å²) in [7, 11) is 0. The molecule has 0 aromatic heterocycles. The van der Waals surface area contributed by atoms with E-state index in [4.69, 9.17) is 16.3 Å². The molecule has 156 valence electrons. The van der Waals surface area contributed by atoms with Crippen LogP contribution in [0.1, 0.15) is 16.7 Å². The summed E-state index contributed by atoms with van der Waals surface area (Å²) in [5.41, 5.74) is 3.17. The number of carbonyl (C=O) groups excluding carboxylic acids is 1. The summed E-state index contributed by atoms with van der Waals surface area (Å²) in [6, 6.07) is 20.2. The van der Waals surface area contributed by atoms with Crippen molar-refractivity contribution in [2.45, 2.75) is 13.5 Å². The third kappa shape index (κ3) is 5.29. The smallest absolute Gasteiger partial charge is 0.264 e. The number of amides is 1. The van der Waals surface area contributed by atoms with Gasteiger partial charge in [0, 0.05) is 10.6 Å². The molecule has 1 heterocycles. The molecule has 3 aromatic rings. The molecule has 2 N–H and O–H groups in total. The number of nitrogens with one attached hydrogen (secondary N) is 1. The molecule has 1 saturated heterocycles. The van der Waals surface area contributed by atoms with Crippen molar-refractivity contribution in [2.24, 2.45) is 4.99 Å². The number of hydrogen-bond donors (Lipinski definition) is 2. The Hall–Kier alpha value is -3.22. The molecule has 5 nitrogen and oxygen atoms in total. The SMILES string of the molecule is Cc1ccc(O)c(N=C2NC(=O)/C(=C/c3ccc(OCc4ccccc4Cl)cc3)S2)c1. The van der Waals surface area contributed by atoms with Gasteiger partial charge in [-0.2, -0.15) is 0 Å². The van der Waals surface area contributed by atoms with E-state index in [-0.39, 0.29) is 11.7 Å². The summed E-state index contributed by atoms with van der Waals surface area (Å²) in [4.78, 5) is 17.2. The molecular weight excluding hydrogens is 432 g/mol. The van der Waals surface area contributed by atoms with Crippen molar-refractivity contribution >= 4 is 46.2 Å². The molecule has 0 aliphatic carbocycles. The number of ether oxygens (including phenoxy) is 1. The molecule has 4 rings (SSSR count). The third-order valence-electron chi connectivity index (χ3n) is 4.53. The molecule has 0 bridgehead atoms. The topological polar surface area (TPSA) is 70.9 Å². The zero-order valence-corrected chi connectivity index (χ0v) is 18.2. The van der Waals surface area contributed by atoms with E-state index in [2.05, 4.69) is 10.3 Å². The normalized spacial score (nSPS) is 16.0. The van der Waals surface area contributed by atoms with Crippen LogP contribution in [-0.4, -0.2) is 16.2 Å². The minimum atomic E-state index is -0.227. The molecule has 1 aliphatic rings. The maximum absolute atomic E-state index is 12.3. The second-order valence-corrected chi connectivity index (χ2v) is 8.36. The van der Waals surface area contributed by atoms with Crippen LogP contribution in [0.2, 0.25) is 5.02 Å². The number of phenols is 1. The van der Waals surface area contributed by atoms with E-state index >= 15 is 0 Å². The van der Waals surface area contributed by atoms with Gasteiger partial charge in [-0.05, 0) is 66.2 Å². The number of carbonyl (C=O) groups is 1. The number of aliphatic imine (C=N–C) groups is 1. The molecule has 1 amide bonds. The van der Waals surface area contributed by atoms with Crippen molar-refractivity contribution in [3.63, 3.8) is 0 Å². The number of halogens is 1. The molecule has 3 aromatic carbocycles. The van der Waals surface area contributed by atoms with Gasteiger partial charge in [-0.1, -0.05) is 48.0 Å². The van der Waals surface area contributed by atoms with Crippen LogP contribution in [0, 0.1) is 6.92 Å². The lowest BCUT2D eigenvalue weighted by Gasteiger charge is -2.08. The number of rotatable bonds is 5. The fourth-order valence-corrected chi connectivity index (χ4v) is 3.93. The Morgan fingerprint density at radius 1 is 1.13 bits per heavy atom. The van der Waals surface area contributed by atoms with Crippen LogP contribution in [-0.2, 0) is 11.4 Å². The van der Waals surface area contributed by atoms with Gasteiger partial charge in [0.05, 0.1) is 4.91 Å². The molecule has 31 heavy (non-hydrogen) atoms. The van der Waals surface area contributed by atoms with Crippen LogP contribution in [0.4, 0.5) is 5.69 Å². The number of nitrogens with zero attached hydrogens (tertiary/aromatic N) is 1. The zero-order chi connectivity index (χ0) is 21.8. The summed E-state index contributed by atoms with van der Waals surface area (Å²) in [5.74, 6) is 0.551. The molecule has 1 fully saturated rings. The standard InChI is InChI=1S/C24H19ClN2O3S/c1-15-6-11-21(28)20(12-15)26-24-27-23(29)22(31-24)13-16-7-9-18(10-8-16)30-14-17-4-2-3-5-19(17)25/h2-13,28H,14H2,1H3,(H,26,27,29)/b22-13-. The monoisotopic (exact) mass is 450 g/mol. The Kier molecular flexibility index (Phi) is 6.30. The highest BCUT2D eigenvalue weighted by Gasteiger charge is 2.24. The minimum absolute atomic E-state index is 0.0674. The lowest BCUT2D eigenvalue weighted by Crippen LogP contribution is -2.19. The van der Waals surface area contributed by atoms with Crippen molar-refractivity contribution < 1.29 is 14.6 Å². The first-order valence-corrected chi connectivity index (χ1v) is 10.7. The molecule has 0 saturated carbocycles. The third-order valence-corrected chi connectivity index (χ3v) is 5.81. The number of thioether (sulfide) groups is 1. The van der Waals surface area contributed by atoms with Gasteiger partial charge < -0.3 is 15.2 Å². The number of benzene rings is 3. The lowest BCUT2D eigenvalue weighted by molar-refractivity contribution is -0.115. The van der Waals surface area contributed by atoms with Crippen LogP contribution in [0.3, 0.4) is 0 Å². The van der Waals surface area contributed by atoms with E-state index in [0.29, 0.717) is 33.1 Å². The maximum atomic E-state index is 12.3. The summed E-state index contributed by atoms with van der Waals surface area (Å²) in [5, 5.41) is 13.8. The summed E-state index contributed by atoms with van der Waals surface area (Å²) >= 11 is 7.38. The minimum Gasteiger partial charge on any atom is -0.506 e. The lowest BCUT2D eigenvalue weighted by atomic mass is 10.2. The number of hydrogen-bond acceptors (Lipinski definition) is 5. The van der Waals surface area contributed by atoms with Crippen LogP contribution in [0.15, 0.2) is 76.6 Å². The molecule has 0 radical (unpaired) electrons. The summed E-state index contributed by atoms with van der Waals surface area (Å²) in [6.45, 7) is 2.29. The number of aromatic hydroxyl groups is 1. The van der Waals surface area contributed by atoms with E-state index < -0.39 is 0 Å². The van der Waals surface area contributed by atoms with Crippen molar-refractivity contribution in [3.8, 4) is 11.5 Å². The molecular formula is C24H19ClN2O3S. The van der Waals surface area contributed by atoms with E-state index in [1.807, 2.05) is 55.5 Å². The van der Waals surface area contributed by atoms with Gasteiger partial charge in [0.1, 0.15) is 23.8 Å². The van der Waals surface area contributed by atoms with Gasteiger partial charge in [0.25, 0.3) is 5.91 Å². The predicted molar refractivity (Wildman–Crippen MR) is 126 cm³/mol. The average molecular weight is 451 g/mol. The Balaban J connectivity index is 1.43. The Bertz CT molecular complexity index is 1190. The molecule has 0 unspecified atom stereocenters. The van der Waals surface area contributed by atoms with Gasteiger partial charge in [0.15, 0.2) is 5.17 Å². The van der Waals surface area contributed by atoms with E-state index in [1.54, 1.807) is 24.3 Å². The highest BCUT2D eigenvalue weighted by atomic mass is 35.5. The fourth-order valence-electron chi connectivity index (χ4n) is 2.90. The van der Waals surface area contributed by atoms with E-state index in [0.717, 1.165) is 16.7 Å². The Morgan fingerprint density at radius 3 is 2.68 bits per heavy atom. The summed E-state index contributed by atoms with van der Waals surface area (Å²) < 4.78 is 5.79. The molecule has 1 aliphatic heterocycles. The second-order valence-electron chi connectivity index (χ2n) is 6.92. The molecule has 0 atom stereocenters. The highest BCUT2D eigenvalue weighted by molar-refractivity contribution is 8.18. The first-order valence-electron chi connectivity index (χ1n) is 9.53. The molecule has 0 spiro atoms. The first-order chi connectivity index (χ1) is 15.0. The van der Waals surface area contributed by atoms with Gasteiger partial charge in [-0.25, -0.2) is 4.99 Å². The Labute approximate surface area is 189 Å². The van der Waals surface area contributed by atoms with Crippen LogP contribution in [0.5, 0.6) is 11.5 Å². The van der Waals surface area contributed by atoms with Gasteiger partial charge >= 0.3 is 0 Å². The number of amidine groups is 1. The fraction of sp³-hybridized carbons (Fsp3) is 0.0833. The summed E-state index contributed by atoms with van der Waals surface area (Å²) in [6.07, 6.45) is 1.79.